The number of benzene rings is 2. The molecule has 2 rings (SSSR count). The quantitative estimate of drug-likeness (QED) is 0.812. The van der Waals surface area contributed by atoms with Crippen LogP contribution in [0.3, 0.4) is 0 Å². The lowest BCUT2D eigenvalue weighted by molar-refractivity contribution is -0.0498. The predicted octanol–water partition coefficient (Wildman–Crippen LogP) is 3.40. The van der Waals surface area contributed by atoms with E-state index in [1.807, 2.05) is 0 Å². The van der Waals surface area contributed by atoms with E-state index in [0.29, 0.717) is 11.1 Å². The van der Waals surface area contributed by atoms with Crippen LogP contribution in [0.4, 0.5) is 14.5 Å². The molecule has 0 aromatic heterocycles. The van der Waals surface area contributed by atoms with Crippen molar-refractivity contribution in [2.24, 2.45) is 0 Å². The van der Waals surface area contributed by atoms with Gasteiger partial charge in [-0.15, -0.1) is 0 Å². The fraction of sp³-hybridized carbons (Fsp3) is 0.188. The molecule has 0 spiro atoms. The fourth-order valence-corrected chi connectivity index (χ4v) is 3.55. The van der Waals surface area contributed by atoms with E-state index in [9.17, 15) is 22.0 Å². The lowest BCUT2D eigenvalue weighted by Gasteiger charge is -2.13. The summed E-state index contributed by atoms with van der Waals surface area (Å²) in [5.41, 5.74) is 0.902. The SMILES string of the molecule is Cc1cc(C(=O)O)cc(S(=O)(=O)Nc2ccc(OC(F)F)cc2)c1C. The molecule has 0 atom stereocenters. The van der Waals surface area contributed by atoms with Crippen molar-refractivity contribution in [3.63, 3.8) is 0 Å². The van der Waals surface area contributed by atoms with E-state index in [2.05, 4.69) is 9.46 Å². The molecule has 0 fully saturated rings. The number of hydrogen-bond acceptors (Lipinski definition) is 4. The monoisotopic (exact) mass is 371 g/mol. The summed E-state index contributed by atoms with van der Waals surface area (Å²) in [6, 6.07) is 7.36. The number of hydrogen-bond donors (Lipinski definition) is 2. The molecule has 134 valence electrons. The number of nitrogens with one attached hydrogen (secondary N) is 1. The Morgan fingerprint density at radius 3 is 2.28 bits per heavy atom. The average Bonchev–Trinajstić information content (AvgIpc) is 2.50. The van der Waals surface area contributed by atoms with Gasteiger partial charge in [0.15, 0.2) is 0 Å². The molecule has 0 unspecified atom stereocenters. The molecule has 0 aliphatic rings. The summed E-state index contributed by atoms with van der Waals surface area (Å²) in [7, 11) is -4.06. The Labute approximate surface area is 143 Å². The van der Waals surface area contributed by atoms with E-state index >= 15 is 0 Å². The molecule has 6 nitrogen and oxygen atoms in total. The molecular weight excluding hydrogens is 356 g/mol. The summed E-state index contributed by atoms with van der Waals surface area (Å²) in [6.45, 7) is 0.193. The molecule has 0 saturated heterocycles. The summed E-state index contributed by atoms with van der Waals surface area (Å²) in [4.78, 5) is 11.0. The molecular formula is C16H15F2NO5S. The Bertz CT molecular complexity index is 895. The van der Waals surface area contributed by atoms with Gasteiger partial charge in [-0.3, -0.25) is 4.72 Å². The van der Waals surface area contributed by atoms with Gasteiger partial charge in [0.25, 0.3) is 10.0 Å². The van der Waals surface area contributed by atoms with Gasteiger partial charge < -0.3 is 9.84 Å². The molecule has 0 saturated carbocycles. The first-order chi connectivity index (χ1) is 11.6. The molecule has 0 heterocycles. The number of aromatic carboxylic acids is 1. The Kier molecular flexibility index (Phi) is 5.27. The second-order valence-corrected chi connectivity index (χ2v) is 6.88. The van der Waals surface area contributed by atoms with Gasteiger partial charge in [-0.05, 0) is 61.4 Å². The van der Waals surface area contributed by atoms with Crippen molar-refractivity contribution in [1.29, 1.82) is 0 Å². The van der Waals surface area contributed by atoms with Crippen molar-refractivity contribution in [3.8, 4) is 5.75 Å². The first-order valence-corrected chi connectivity index (χ1v) is 8.50. The minimum Gasteiger partial charge on any atom is -0.478 e. The van der Waals surface area contributed by atoms with Crippen LogP contribution in [0.25, 0.3) is 0 Å². The van der Waals surface area contributed by atoms with Crippen LogP contribution in [0.1, 0.15) is 21.5 Å². The van der Waals surface area contributed by atoms with E-state index in [4.69, 9.17) is 5.11 Å². The smallest absolute Gasteiger partial charge is 0.387 e. The van der Waals surface area contributed by atoms with E-state index < -0.39 is 22.6 Å². The van der Waals surface area contributed by atoms with Crippen molar-refractivity contribution in [1.82, 2.24) is 0 Å². The Balaban J connectivity index is 2.35. The maximum absolute atomic E-state index is 12.6. The fourth-order valence-electron chi connectivity index (χ4n) is 2.14. The maximum atomic E-state index is 12.6. The van der Waals surface area contributed by atoms with Gasteiger partial charge in [-0.1, -0.05) is 0 Å². The van der Waals surface area contributed by atoms with Gasteiger partial charge in [0.2, 0.25) is 0 Å². The normalized spacial score (nSPS) is 11.4. The van der Waals surface area contributed by atoms with E-state index in [1.54, 1.807) is 13.8 Å². The van der Waals surface area contributed by atoms with Crippen molar-refractivity contribution in [2.45, 2.75) is 25.4 Å². The van der Waals surface area contributed by atoms with Gasteiger partial charge in [-0.2, -0.15) is 8.78 Å². The lowest BCUT2D eigenvalue weighted by Crippen LogP contribution is -2.16. The number of rotatable bonds is 6. The van der Waals surface area contributed by atoms with E-state index in [1.165, 1.54) is 30.3 Å². The number of anilines is 1. The van der Waals surface area contributed by atoms with E-state index in [-0.39, 0.29) is 21.9 Å². The lowest BCUT2D eigenvalue weighted by atomic mass is 10.1. The summed E-state index contributed by atoms with van der Waals surface area (Å²) >= 11 is 0. The number of aryl methyl sites for hydroxylation is 1. The Hall–Kier alpha value is -2.68. The Morgan fingerprint density at radius 1 is 1.16 bits per heavy atom. The maximum Gasteiger partial charge on any atom is 0.387 e. The van der Waals surface area contributed by atoms with Gasteiger partial charge in [0, 0.05) is 5.69 Å². The van der Waals surface area contributed by atoms with Gasteiger partial charge >= 0.3 is 12.6 Å². The van der Waals surface area contributed by atoms with E-state index in [0.717, 1.165) is 6.07 Å². The van der Waals surface area contributed by atoms with Crippen LogP contribution >= 0.6 is 0 Å². The second kappa shape index (κ2) is 7.06. The standard InChI is InChI=1S/C16H15F2NO5S/c1-9-7-11(15(20)21)8-14(10(9)2)25(22,23)19-12-3-5-13(6-4-12)24-16(17)18/h3-8,16,19H,1-2H3,(H,20,21). The highest BCUT2D eigenvalue weighted by Crippen LogP contribution is 2.25. The van der Waals surface area contributed by atoms with Crippen molar-refractivity contribution in [2.75, 3.05) is 4.72 Å². The van der Waals surface area contributed by atoms with Crippen LogP contribution in [0.15, 0.2) is 41.3 Å². The topological polar surface area (TPSA) is 92.7 Å². The molecule has 0 aliphatic heterocycles. The second-order valence-electron chi connectivity index (χ2n) is 5.23. The minimum atomic E-state index is -4.06. The molecule has 9 heteroatoms. The molecule has 0 amide bonds. The number of carboxylic acid groups (broad SMARTS) is 1. The summed E-state index contributed by atoms with van der Waals surface area (Å²) in [5, 5.41) is 9.09. The zero-order chi connectivity index (χ0) is 18.8. The highest BCUT2D eigenvalue weighted by molar-refractivity contribution is 7.92. The zero-order valence-corrected chi connectivity index (χ0v) is 14.1. The summed E-state index contributed by atoms with van der Waals surface area (Å²) in [5.74, 6) is -1.36. The summed E-state index contributed by atoms with van der Waals surface area (Å²) < 4.78 is 55.8. The zero-order valence-electron chi connectivity index (χ0n) is 13.3. The minimum absolute atomic E-state index is 0.113. The third kappa shape index (κ3) is 4.44. The van der Waals surface area contributed by atoms with Crippen molar-refractivity contribution in [3.05, 3.63) is 53.1 Å². The number of carbonyl (C=O) groups is 1. The van der Waals surface area contributed by atoms with Crippen LogP contribution in [-0.4, -0.2) is 26.1 Å². The molecule has 0 bridgehead atoms. The van der Waals surface area contributed by atoms with Crippen molar-refractivity contribution >= 4 is 21.7 Å². The van der Waals surface area contributed by atoms with Gasteiger partial charge in [0.1, 0.15) is 5.75 Å². The number of alkyl halides is 2. The molecule has 0 aliphatic carbocycles. The average molecular weight is 371 g/mol. The highest BCUT2D eigenvalue weighted by Gasteiger charge is 2.21. The number of ether oxygens (including phenoxy) is 1. The first-order valence-electron chi connectivity index (χ1n) is 7.02. The molecule has 25 heavy (non-hydrogen) atoms. The third-order valence-corrected chi connectivity index (χ3v) is 5.00. The number of carboxylic acids is 1. The van der Waals surface area contributed by atoms with Crippen LogP contribution < -0.4 is 9.46 Å². The number of sulfonamides is 1. The van der Waals surface area contributed by atoms with Crippen LogP contribution in [0, 0.1) is 13.8 Å². The molecule has 0 radical (unpaired) electrons. The van der Waals surface area contributed by atoms with Crippen LogP contribution in [-0.2, 0) is 10.0 Å². The first kappa shape index (κ1) is 18.7. The highest BCUT2D eigenvalue weighted by atomic mass is 32.2. The number of halogens is 2. The molecule has 2 aromatic carbocycles. The molecule has 2 N–H and O–H groups in total. The third-order valence-electron chi connectivity index (χ3n) is 3.49. The van der Waals surface area contributed by atoms with Crippen LogP contribution in [0.2, 0.25) is 0 Å². The predicted molar refractivity (Wildman–Crippen MR) is 86.8 cm³/mol. The van der Waals surface area contributed by atoms with Gasteiger partial charge in [-0.25, -0.2) is 13.2 Å². The Morgan fingerprint density at radius 2 is 1.76 bits per heavy atom. The van der Waals surface area contributed by atoms with Gasteiger partial charge in [0.05, 0.1) is 10.5 Å². The summed E-state index contributed by atoms with van der Waals surface area (Å²) in [6.07, 6.45) is 0. The van der Waals surface area contributed by atoms with Crippen molar-refractivity contribution < 1.29 is 31.8 Å². The molecule has 2 aromatic rings. The van der Waals surface area contributed by atoms with Crippen LogP contribution in [0.5, 0.6) is 5.75 Å². The largest absolute Gasteiger partial charge is 0.478 e.